The molecule has 0 aromatic heterocycles. The van der Waals surface area contributed by atoms with E-state index >= 15 is 0 Å². The molecule has 3 aromatic carbocycles. The summed E-state index contributed by atoms with van der Waals surface area (Å²) in [5.74, 6) is 0.0901. The standard InChI is InChI=1S/C23H21NO/c25-16-22-21(17-9-3-1-4-10-17)15-18-11-7-8-14-20(18)23(22)24-19-12-5-2-6-13-19/h1-14,16,21-24H,15H2/t21-,22-,23+/m0/s1. The van der Waals surface area contributed by atoms with E-state index in [-0.39, 0.29) is 17.9 Å². The summed E-state index contributed by atoms with van der Waals surface area (Å²) in [6.45, 7) is 0. The Morgan fingerprint density at radius 2 is 1.44 bits per heavy atom. The highest BCUT2D eigenvalue weighted by Crippen LogP contribution is 2.43. The largest absolute Gasteiger partial charge is 0.377 e. The minimum absolute atomic E-state index is 0.0185. The predicted octanol–water partition coefficient (Wildman–Crippen LogP) is 4.99. The number of hydrogen-bond donors (Lipinski definition) is 1. The van der Waals surface area contributed by atoms with E-state index in [9.17, 15) is 4.79 Å². The number of hydrogen-bond acceptors (Lipinski definition) is 2. The van der Waals surface area contributed by atoms with Crippen LogP contribution < -0.4 is 5.32 Å². The summed E-state index contributed by atoms with van der Waals surface area (Å²) in [4.78, 5) is 12.1. The first-order chi connectivity index (χ1) is 12.4. The Morgan fingerprint density at radius 3 is 2.16 bits per heavy atom. The van der Waals surface area contributed by atoms with E-state index in [2.05, 4.69) is 66.0 Å². The van der Waals surface area contributed by atoms with Gasteiger partial charge in [0, 0.05) is 11.6 Å². The van der Waals surface area contributed by atoms with Gasteiger partial charge in [-0.3, -0.25) is 0 Å². The highest BCUT2D eigenvalue weighted by Gasteiger charge is 2.37. The molecule has 4 rings (SSSR count). The van der Waals surface area contributed by atoms with Gasteiger partial charge in [0.2, 0.25) is 0 Å². The molecule has 0 saturated heterocycles. The molecule has 2 heteroatoms. The van der Waals surface area contributed by atoms with E-state index in [0.29, 0.717) is 0 Å². The molecule has 0 unspecified atom stereocenters. The molecule has 0 bridgehead atoms. The van der Waals surface area contributed by atoms with Crippen molar-refractivity contribution < 1.29 is 4.79 Å². The maximum atomic E-state index is 12.1. The topological polar surface area (TPSA) is 29.1 Å². The van der Waals surface area contributed by atoms with Crippen molar-refractivity contribution >= 4 is 12.0 Å². The molecule has 3 atom stereocenters. The Bertz CT molecular complexity index is 844. The lowest BCUT2D eigenvalue weighted by Crippen LogP contribution is -2.33. The molecule has 0 amide bonds. The van der Waals surface area contributed by atoms with Crippen LogP contribution in [0.2, 0.25) is 0 Å². The maximum Gasteiger partial charge on any atom is 0.126 e. The normalized spacial score (nSPS) is 22.0. The molecule has 0 radical (unpaired) electrons. The van der Waals surface area contributed by atoms with Crippen molar-refractivity contribution in [3.8, 4) is 0 Å². The van der Waals surface area contributed by atoms with Crippen LogP contribution in [0.5, 0.6) is 0 Å². The molecule has 1 N–H and O–H groups in total. The minimum atomic E-state index is -0.0995. The van der Waals surface area contributed by atoms with Gasteiger partial charge in [-0.1, -0.05) is 72.8 Å². The SMILES string of the molecule is O=C[C@@H]1[C@H](Nc2ccccc2)c2ccccc2C[C@H]1c1ccccc1. The molecule has 0 aliphatic heterocycles. The molecule has 25 heavy (non-hydrogen) atoms. The Morgan fingerprint density at radius 1 is 0.800 bits per heavy atom. The smallest absolute Gasteiger partial charge is 0.126 e. The molecule has 0 fully saturated rings. The van der Waals surface area contributed by atoms with Gasteiger partial charge in [0.05, 0.1) is 6.04 Å². The van der Waals surface area contributed by atoms with E-state index in [0.717, 1.165) is 18.4 Å². The number of carbonyl (C=O) groups excluding carboxylic acids is 1. The minimum Gasteiger partial charge on any atom is -0.377 e. The van der Waals surface area contributed by atoms with Gasteiger partial charge >= 0.3 is 0 Å². The summed E-state index contributed by atoms with van der Waals surface area (Å²) < 4.78 is 0. The second kappa shape index (κ2) is 6.94. The van der Waals surface area contributed by atoms with Crippen LogP contribution in [0.25, 0.3) is 0 Å². The van der Waals surface area contributed by atoms with Gasteiger partial charge in [-0.05, 0) is 41.2 Å². The maximum absolute atomic E-state index is 12.1. The summed E-state index contributed by atoms with van der Waals surface area (Å²) >= 11 is 0. The number of carbonyl (C=O) groups is 1. The first-order valence-corrected chi connectivity index (χ1v) is 8.76. The van der Waals surface area contributed by atoms with Gasteiger partial charge < -0.3 is 10.1 Å². The van der Waals surface area contributed by atoms with Crippen LogP contribution in [-0.2, 0) is 11.2 Å². The molecule has 1 aliphatic rings. The van der Waals surface area contributed by atoms with Crippen LogP contribution in [0.1, 0.15) is 28.7 Å². The quantitative estimate of drug-likeness (QED) is 0.684. The van der Waals surface area contributed by atoms with Crippen LogP contribution in [0.4, 0.5) is 5.69 Å². The van der Waals surface area contributed by atoms with Gasteiger partial charge in [0.15, 0.2) is 0 Å². The van der Waals surface area contributed by atoms with Crippen molar-refractivity contribution in [2.24, 2.45) is 5.92 Å². The fourth-order valence-corrected chi connectivity index (χ4v) is 3.94. The molecular formula is C23H21NO. The predicted molar refractivity (Wildman–Crippen MR) is 102 cm³/mol. The van der Waals surface area contributed by atoms with Crippen LogP contribution in [0, 0.1) is 5.92 Å². The van der Waals surface area contributed by atoms with Crippen molar-refractivity contribution in [2.75, 3.05) is 5.32 Å². The summed E-state index contributed by atoms with van der Waals surface area (Å²) in [6.07, 6.45) is 2.03. The van der Waals surface area contributed by atoms with E-state index in [1.54, 1.807) is 0 Å². The van der Waals surface area contributed by atoms with Gasteiger partial charge in [0.25, 0.3) is 0 Å². The highest BCUT2D eigenvalue weighted by atomic mass is 16.1. The molecule has 1 aliphatic carbocycles. The number of para-hydroxylation sites is 1. The first-order valence-electron chi connectivity index (χ1n) is 8.76. The van der Waals surface area contributed by atoms with Crippen molar-refractivity contribution in [3.63, 3.8) is 0 Å². The lowest BCUT2D eigenvalue weighted by atomic mass is 9.70. The van der Waals surface area contributed by atoms with Gasteiger partial charge in [-0.25, -0.2) is 0 Å². The number of aldehydes is 1. The molecule has 124 valence electrons. The van der Waals surface area contributed by atoms with Crippen molar-refractivity contribution in [1.29, 1.82) is 0 Å². The van der Waals surface area contributed by atoms with Crippen molar-refractivity contribution in [3.05, 3.63) is 102 Å². The first kappa shape index (κ1) is 15.6. The van der Waals surface area contributed by atoms with E-state index in [1.807, 2.05) is 24.3 Å². The van der Waals surface area contributed by atoms with E-state index in [1.165, 1.54) is 16.7 Å². The second-order valence-electron chi connectivity index (χ2n) is 6.62. The number of fused-ring (bicyclic) bond motifs is 1. The van der Waals surface area contributed by atoms with E-state index < -0.39 is 0 Å². The highest BCUT2D eigenvalue weighted by molar-refractivity contribution is 5.63. The van der Waals surface area contributed by atoms with Crippen LogP contribution in [0.15, 0.2) is 84.9 Å². The van der Waals surface area contributed by atoms with Crippen LogP contribution in [-0.4, -0.2) is 6.29 Å². The molecule has 0 saturated carbocycles. The number of anilines is 1. The average Bonchev–Trinajstić information content (AvgIpc) is 2.69. The molecular weight excluding hydrogens is 306 g/mol. The monoisotopic (exact) mass is 327 g/mol. The molecule has 0 spiro atoms. The summed E-state index contributed by atoms with van der Waals surface area (Å²) in [6, 6.07) is 29.0. The summed E-state index contributed by atoms with van der Waals surface area (Å²) in [5, 5.41) is 3.61. The zero-order valence-electron chi connectivity index (χ0n) is 14.0. The molecule has 2 nitrogen and oxygen atoms in total. The number of rotatable bonds is 4. The number of nitrogens with one attached hydrogen (secondary N) is 1. The van der Waals surface area contributed by atoms with Gasteiger partial charge in [-0.2, -0.15) is 0 Å². The fourth-order valence-electron chi connectivity index (χ4n) is 3.94. The molecule has 0 heterocycles. The van der Waals surface area contributed by atoms with Crippen LogP contribution in [0.3, 0.4) is 0 Å². The average molecular weight is 327 g/mol. The summed E-state index contributed by atoms with van der Waals surface area (Å²) in [7, 11) is 0. The Hall–Kier alpha value is -2.87. The number of benzene rings is 3. The van der Waals surface area contributed by atoms with Gasteiger partial charge in [-0.15, -0.1) is 0 Å². The van der Waals surface area contributed by atoms with Crippen LogP contribution >= 0.6 is 0 Å². The Kier molecular flexibility index (Phi) is 4.34. The third kappa shape index (κ3) is 3.08. The summed E-state index contributed by atoms with van der Waals surface area (Å²) in [5.41, 5.74) is 4.83. The zero-order valence-corrected chi connectivity index (χ0v) is 14.0. The van der Waals surface area contributed by atoms with E-state index in [4.69, 9.17) is 0 Å². The Labute approximate surface area is 148 Å². The fraction of sp³-hybridized carbons (Fsp3) is 0.174. The Balaban J connectivity index is 1.77. The van der Waals surface area contributed by atoms with Gasteiger partial charge in [0.1, 0.15) is 6.29 Å². The lowest BCUT2D eigenvalue weighted by Gasteiger charge is -2.38. The molecule has 3 aromatic rings. The van der Waals surface area contributed by atoms with Crippen molar-refractivity contribution in [1.82, 2.24) is 0 Å². The zero-order chi connectivity index (χ0) is 17.1. The third-order valence-electron chi connectivity index (χ3n) is 5.16. The third-order valence-corrected chi connectivity index (χ3v) is 5.16. The van der Waals surface area contributed by atoms with Crippen molar-refractivity contribution in [2.45, 2.75) is 18.4 Å². The lowest BCUT2D eigenvalue weighted by molar-refractivity contribution is -0.112. The second-order valence-corrected chi connectivity index (χ2v) is 6.62.